The predicted molar refractivity (Wildman–Crippen MR) is 82.4 cm³/mol. The molecule has 1 aromatic carbocycles. The molecule has 0 amide bonds. The van der Waals surface area contributed by atoms with Crippen molar-refractivity contribution >= 4 is 29.1 Å². The summed E-state index contributed by atoms with van der Waals surface area (Å²) >= 11 is 0. The van der Waals surface area contributed by atoms with Gasteiger partial charge in [0.2, 0.25) is 0 Å². The van der Waals surface area contributed by atoms with E-state index in [2.05, 4.69) is 5.32 Å². The quantitative estimate of drug-likeness (QED) is 0.849. The summed E-state index contributed by atoms with van der Waals surface area (Å²) in [6.07, 6.45) is -1.10. The molecule has 0 radical (unpaired) electrons. The Kier molecular flexibility index (Phi) is 4.60. The molecule has 0 aliphatic carbocycles. The highest BCUT2D eigenvalue weighted by molar-refractivity contribution is 5.92. The van der Waals surface area contributed by atoms with Crippen LogP contribution in [0.2, 0.25) is 0 Å². The Balaban J connectivity index is 0.00000176. The van der Waals surface area contributed by atoms with Gasteiger partial charge in [0.25, 0.3) is 0 Å². The van der Waals surface area contributed by atoms with Crippen LogP contribution in [0.1, 0.15) is 12.5 Å². The molecule has 1 aromatic heterocycles. The summed E-state index contributed by atoms with van der Waals surface area (Å²) in [4.78, 5) is 2.03. The maximum absolute atomic E-state index is 13.0. The zero-order valence-corrected chi connectivity index (χ0v) is 12.7. The number of hydrogen-bond donors (Lipinski definition) is 1. The molecule has 7 heteroatoms. The van der Waals surface area contributed by atoms with Crippen LogP contribution in [0.5, 0.6) is 0 Å². The van der Waals surface area contributed by atoms with Gasteiger partial charge in [0.1, 0.15) is 0 Å². The number of alkyl halides is 3. The number of rotatable bonds is 1. The fraction of sp³-hybridized carbons (Fsp3) is 0.333. The molecule has 0 atom stereocenters. The number of nitrogens with one attached hydrogen (secondary N) is 1. The molecule has 1 N–H and O–H groups in total. The number of halogens is 4. The summed E-state index contributed by atoms with van der Waals surface area (Å²) < 4.78 is 44.4. The first-order valence-electron chi connectivity index (χ1n) is 6.72. The Bertz CT molecular complexity index is 694. The average molecular weight is 333 g/mol. The van der Waals surface area contributed by atoms with Crippen molar-refractivity contribution in [3.05, 3.63) is 41.8 Å². The molecular formula is C15H16ClF3N2O. The lowest BCUT2D eigenvalue weighted by Gasteiger charge is -2.31. The standard InChI is InChI=1S/C15H15F3N2O.ClH/c1-2-10-9-20(7-6-19-10)13-4-3-12(15(16,17)18)11-5-8-21-14(11)13;/h2-5,8,19H,6-7,9H2,1H3;1H/b10-2+;. The minimum atomic E-state index is -4.38. The summed E-state index contributed by atoms with van der Waals surface area (Å²) in [5.74, 6) is 0. The van der Waals surface area contributed by atoms with Gasteiger partial charge in [-0.15, -0.1) is 12.4 Å². The predicted octanol–water partition coefficient (Wildman–Crippen LogP) is 4.19. The Morgan fingerprint density at radius 3 is 2.73 bits per heavy atom. The van der Waals surface area contributed by atoms with Gasteiger partial charge in [0.05, 0.1) is 24.1 Å². The van der Waals surface area contributed by atoms with Crippen molar-refractivity contribution in [2.45, 2.75) is 13.1 Å². The SMILES string of the molecule is C/C=C1\CN(c2ccc(C(F)(F)F)c3ccoc23)CCN1.Cl. The van der Waals surface area contributed by atoms with Crippen LogP contribution in [0, 0.1) is 0 Å². The summed E-state index contributed by atoms with van der Waals surface area (Å²) in [5.41, 5.74) is 1.39. The van der Waals surface area contributed by atoms with Gasteiger partial charge in [-0.25, -0.2) is 0 Å². The van der Waals surface area contributed by atoms with Gasteiger partial charge in [-0.3, -0.25) is 0 Å². The molecule has 1 aliphatic heterocycles. The van der Waals surface area contributed by atoms with E-state index in [4.69, 9.17) is 4.42 Å². The molecule has 22 heavy (non-hydrogen) atoms. The number of anilines is 1. The molecule has 3 rings (SSSR count). The maximum atomic E-state index is 13.0. The van der Waals surface area contributed by atoms with Gasteiger partial charge >= 0.3 is 6.18 Å². The molecular weight excluding hydrogens is 317 g/mol. The first kappa shape index (κ1) is 16.5. The summed E-state index contributed by atoms with van der Waals surface area (Å²) in [6.45, 7) is 4.04. The lowest BCUT2D eigenvalue weighted by Crippen LogP contribution is -2.42. The smallest absolute Gasteiger partial charge is 0.417 e. The van der Waals surface area contributed by atoms with Crippen molar-refractivity contribution in [1.29, 1.82) is 0 Å². The molecule has 120 valence electrons. The van der Waals surface area contributed by atoms with Crippen LogP contribution in [0.4, 0.5) is 18.9 Å². The van der Waals surface area contributed by atoms with Crippen LogP contribution >= 0.6 is 12.4 Å². The van der Waals surface area contributed by atoms with E-state index in [1.54, 1.807) is 0 Å². The molecule has 0 unspecified atom stereocenters. The molecule has 0 saturated carbocycles. The van der Waals surface area contributed by atoms with E-state index in [9.17, 15) is 13.2 Å². The number of piperazine rings is 1. The normalized spacial score (nSPS) is 17.5. The van der Waals surface area contributed by atoms with E-state index >= 15 is 0 Å². The summed E-state index contributed by atoms with van der Waals surface area (Å²) in [7, 11) is 0. The van der Waals surface area contributed by atoms with E-state index in [0.29, 0.717) is 17.8 Å². The summed E-state index contributed by atoms with van der Waals surface area (Å²) in [5, 5.41) is 3.37. The fourth-order valence-electron chi connectivity index (χ4n) is 2.63. The van der Waals surface area contributed by atoms with Gasteiger partial charge in [-0.2, -0.15) is 13.2 Å². The highest BCUT2D eigenvalue weighted by Crippen LogP contribution is 2.39. The van der Waals surface area contributed by atoms with Crippen molar-refractivity contribution in [2.24, 2.45) is 0 Å². The average Bonchev–Trinajstić information content (AvgIpc) is 2.94. The number of furan rings is 1. The lowest BCUT2D eigenvalue weighted by molar-refractivity contribution is -0.136. The zero-order valence-electron chi connectivity index (χ0n) is 11.9. The molecule has 1 aliphatic rings. The molecule has 0 bridgehead atoms. The van der Waals surface area contributed by atoms with Gasteiger partial charge in [-0.05, 0) is 25.1 Å². The number of fused-ring (bicyclic) bond motifs is 1. The third kappa shape index (κ3) is 2.88. The topological polar surface area (TPSA) is 28.4 Å². The van der Waals surface area contributed by atoms with Crippen LogP contribution in [0.15, 0.2) is 40.7 Å². The van der Waals surface area contributed by atoms with Crippen LogP contribution < -0.4 is 10.2 Å². The second kappa shape index (κ2) is 6.12. The first-order valence-corrected chi connectivity index (χ1v) is 6.72. The van der Waals surface area contributed by atoms with Crippen LogP contribution in [-0.4, -0.2) is 19.6 Å². The Morgan fingerprint density at radius 2 is 2.05 bits per heavy atom. The van der Waals surface area contributed by atoms with E-state index < -0.39 is 11.7 Å². The highest BCUT2D eigenvalue weighted by atomic mass is 35.5. The number of allylic oxidation sites excluding steroid dienone is 1. The van der Waals surface area contributed by atoms with Crippen molar-refractivity contribution in [1.82, 2.24) is 5.32 Å². The largest absolute Gasteiger partial charge is 0.462 e. The zero-order chi connectivity index (χ0) is 15.0. The molecule has 1 saturated heterocycles. The van der Waals surface area contributed by atoms with Crippen molar-refractivity contribution in [2.75, 3.05) is 24.5 Å². The Labute approximate surface area is 132 Å². The Hall–Kier alpha value is -1.82. The van der Waals surface area contributed by atoms with Crippen LogP contribution in [-0.2, 0) is 6.18 Å². The number of nitrogens with zero attached hydrogens (tertiary/aromatic N) is 1. The molecule has 2 aromatic rings. The molecule has 3 nitrogen and oxygen atoms in total. The van der Waals surface area contributed by atoms with Crippen LogP contribution in [0.25, 0.3) is 11.0 Å². The second-order valence-electron chi connectivity index (χ2n) is 4.96. The van der Waals surface area contributed by atoms with Crippen molar-refractivity contribution in [3.63, 3.8) is 0 Å². The minimum Gasteiger partial charge on any atom is -0.462 e. The van der Waals surface area contributed by atoms with E-state index in [0.717, 1.165) is 24.9 Å². The summed E-state index contributed by atoms with van der Waals surface area (Å²) in [6, 6.07) is 4.00. The first-order chi connectivity index (χ1) is 10.0. The van der Waals surface area contributed by atoms with Crippen LogP contribution in [0.3, 0.4) is 0 Å². The van der Waals surface area contributed by atoms with E-state index in [1.807, 2.05) is 17.9 Å². The third-order valence-electron chi connectivity index (χ3n) is 3.69. The fourth-order valence-corrected chi connectivity index (χ4v) is 2.63. The number of benzene rings is 1. The van der Waals surface area contributed by atoms with E-state index in [1.165, 1.54) is 18.4 Å². The van der Waals surface area contributed by atoms with Gasteiger partial charge in [0, 0.05) is 24.2 Å². The number of hydrogen-bond acceptors (Lipinski definition) is 3. The minimum absolute atomic E-state index is 0. The lowest BCUT2D eigenvalue weighted by atomic mass is 10.1. The van der Waals surface area contributed by atoms with Gasteiger partial charge < -0.3 is 14.6 Å². The van der Waals surface area contributed by atoms with Crippen molar-refractivity contribution < 1.29 is 17.6 Å². The van der Waals surface area contributed by atoms with E-state index in [-0.39, 0.29) is 17.8 Å². The van der Waals surface area contributed by atoms with Crippen molar-refractivity contribution in [3.8, 4) is 0 Å². The monoisotopic (exact) mass is 332 g/mol. The molecule has 1 fully saturated rings. The molecule has 2 heterocycles. The highest BCUT2D eigenvalue weighted by Gasteiger charge is 2.34. The Morgan fingerprint density at radius 1 is 1.27 bits per heavy atom. The maximum Gasteiger partial charge on any atom is 0.417 e. The van der Waals surface area contributed by atoms with Gasteiger partial charge in [-0.1, -0.05) is 6.08 Å². The second-order valence-corrected chi connectivity index (χ2v) is 4.96. The third-order valence-corrected chi connectivity index (χ3v) is 3.69. The van der Waals surface area contributed by atoms with Gasteiger partial charge in [0.15, 0.2) is 5.58 Å². The molecule has 0 spiro atoms.